The first-order chi connectivity index (χ1) is 6.58. The number of thioether (sulfide) groups is 1. The molecule has 0 spiro atoms. The fourth-order valence-electron chi connectivity index (χ4n) is 1.11. The third kappa shape index (κ3) is 3.87. The van der Waals surface area contributed by atoms with Gasteiger partial charge >= 0.3 is 0 Å². The molecule has 0 saturated carbocycles. The van der Waals surface area contributed by atoms with E-state index < -0.39 is 0 Å². The Labute approximate surface area is 88.3 Å². The fourth-order valence-corrected chi connectivity index (χ4v) is 2.11. The highest BCUT2D eigenvalue weighted by Crippen LogP contribution is 2.21. The standard InChI is InChI=1S/C10H14N2OS/c1-7-4-5-11-10(12-7)14-9(3)6-8(2)13/h4-5,9H,6H2,1-3H3. The lowest BCUT2D eigenvalue weighted by molar-refractivity contribution is -0.116. The number of rotatable bonds is 4. The summed E-state index contributed by atoms with van der Waals surface area (Å²) in [7, 11) is 0. The third-order valence-electron chi connectivity index (χ3n) is 1.65. The number of hydrogen-bond donors (Lipinski definition) is 0. The summed E-state index contributed by atoms with van der Waals surface area (Å²) in [5.41, 5.74) is 0.956. The molecule has 0 fully saturated rings. The summed E-state index contributed by atoms with van der Waals surface area (Å²) in [6.45, 7) is 5.55. The van der Waals surface area contributed by atoms with Gasteiger partial charge in [0.05, 0.1) is 0 Å². The van der Waals surface area contributed by atoms with Crippen LogP contribution < -0.4 is 0 Å². The van der Waals surface area contributed by atoms with Gasteiger partial charge in [0.1, 0.15) is 5.78 Å². The summed E-state index contributed by atoms with van der Waals surface area (Å²) in [6.07, 6.45) is 2.31. The van der Waals surface area contributed by atoms with Crippen molar-refractivity contribution in [2.24, 2.45) is 0 Å². The molecule has 3 nitrogen and oxygen atoms in total. The Hall–Kier alpha value is -0.900. The molecule has 0 aliphatic carbocycles. The van der Waals surface area contributed by atoms with Crippen molar-refractivity contribution in [3.05, 3.63) is 18.0 Å². The zero-order valence-electron chi connectivity index (χ0n) is 8.65. The van der Waals surface area contributed by atoms with Gasteiger partial charge in [-0.2, -0.15) is 0 Å². The first-order valence-corrected chi connectivity index (χ1v) is 5.41. The molecule has 0 saturated heterocycles. The predicted octanol–water partition coefficient (Wildman–Crippen LogP) is 2.24. The van der Waals surface area contributed by atoms with Crippen LogP contribution in [0.25, 0.3) is 0 Å². The Morgan fingerprint density at radius 2 is 2.36 bits per heavy atom. The smallest absolute Gasteiger partial charge is 0.187 e. The Balaban J connectivity index is 2.55. The van der Waals surface area contributed by atoms with Crippen molar-refractivity contribution >= 4 is 17.5 Å². The van der Waals surface area contributed by atoms with Crippen LogP contribution in [0.2, 0.25) is 0 Å². The molecule has 76 valence electrons. The second-order valence-electron chi connectivity index (χ2n) is 3.32. The van der Waals surface area contributed by atoms with Crippen LogP contribution >= 0.6 is 11.8 Å². The minimum absolute atomic E-state index is 0.206. The Morgan fingerprint density at radius 3 is 2.93 bits per heavy atom. The van der Waals surface area contributed by atoms with Crippen molar-refractivity contribution in [1.29, 1.82) is 0 Å². The molecule has 1 heterocycles. The maximum atomic E-state index is 10.9. The molecule has 1 atom stereocenters. The second-order valence-corrected chi connectivity index (χ2v) is 4.72. The molecule has 1 aromatic heterocycles. The molecule has 0 aliphatic heterocycles. The van der Waals surface area contributed by atoms with E-state index >= 15 is 0 Å². The summed E-state index contributed by atoms with van der Waals surface area (Å²) >= 11 is 1.54. The van der Waals surface area contributed by atoms with Gasteiger partial charge in [-0.05, 0) is 19.9 Å². The van der Waals surface area contributed by atoms with Gasteiger partial charge in [0.2, 0.25) is 0 Å². The number of hydrogen-bond acceptors (Lipinski definition) is 4. The van der Waals surface area contributed by atoms with Crippen molar-refractivity contribution in [1.82, 2.24) is 9.97 Å². The second kappa shape index (κ2) is 5.10. The maximum Gasteiger partial charge on any atom is 0.187 e. The number of nitrogens with zero attached hydrogens (tertiary/aromatic N) is 2. The van der Waals surface area contributed by atoms with Gasteiger partial charge in [-0.1, -0.05) is 18.7 Å². The summed E-state index contributed by atoms with van der Waals surface area (Å²) < 4.78 is 0. The van der Waals surface area contributed by atoms with E-state index in [0.717, 1.165) is 10.9 Å². The van der Waals surface area contributed by atoms with Crippen LogP contribution in [-0.2, 0) is 4.79 Å². The van der Waals surface area contributed by atoms with Crippen molar-refractivity contribution in [3.8, 4) is 0 Å². The third-order valence-corrected chi connectivity index (χ3v) is 2.63. The summed E-state index contributed by atoms with van der Waals surface area (Å²) in [6, 6.07) is 1.86. The molecule has 4 heteroatoms. The normalized spacial score (nSPS) is 12.5. The fraction of sp³-hybridized carbons (Fsp3) is 0.500. The molecular weight excluding hydrogens is 196 g/mol. The van der Waals surface area contributed by atoms with E-state index in [1.165, 1.54) is 0 Å². The minimum Gasteiger partial charge on any atom is -0.300 e. The van der Waals surface area contributed by atoms with E-state index in [0.29, 0.717) is 6.42 Å². The highest BCUT2D eigenvalue weighted by molar-refractivity contribution is 7.99. The topological polar surface area (TPSA) is 42.9 Å². The van der Waals surface area contributed by atoms with Crippen molar-refractivity contribution in [2.45, 2.75) is 37.6 Å². The molecule has 0 aliphatic rings. The lowest BCUT2D eigenvalue weighted by atomic mass is 10.2. The van der Waals surface area contributed by atoms with Crippen molar-refractivity contribution in [3.63, 3.8) is 0 Å². The molecule has 1 aromatic rings. The lowest BCUT2D eigenvalue weighted by Gasteiger charge is -2.07. The van der Waals surface area contributed by atoms with Gasteiger partial charge in [-0.3, -0.25) is 4.79 Å². The van der Waals surface area contributed by atoms with Gasteiger partial charge in [0, 0.05) is 23.6 Å². The van der Waals surface area contributed by atoms with Crippen LogP contribution in [0.5, 0.6) is 0 Å². The molecule has 0 bridgehead atoms. The van der Waals surface area contributed by atoms with Gasteiger partial charge < -0.3 is 0 Å². The number of aromatic nitrogens is 2. The quantitative estimate of drug-likeness (QED) is 0.564. The molecular formula is C10H14N2OS. The van der Waals surface area contributed by atoms with Gasteiger partial charge in [-0.25, -0.2) is 9.97 Å². The average Bonchev–Trinajstić information content (AvgIpc) is 2.01. The van der Waals surface area contributed by atoms with E-state index in [-0.39, 0.29) is 11.0 Å². The SMILES string of the molecule is CC(=O)CC(C)Sc1nccc(C)n1. The number of carbonyl (C=O) groups is 1. The zero-order valence-corrected chi connectivity index (χ0v) is 9.47. The Kier molecular flexibility index (Phi) is 4.07. The van der Waals surface area contributed by atoms with Crippen LogP contribution in [0.1, 0.15) is 26.0 Å². The maximum absolute atomic E-state index is 10.9. The molecule has 0 N–H and O–H groups in total. The number of Topliss-reactive ketones (excluding diaryl/α,β-unsaturated/α-hetero) is 1. The molecule has 0 radical (unpaired) electrons. The van der Waals surface area contributed by atoms with Crippen LogP contribution in [0.15, 0.2) is 17.4 Å². The summed E-state index contributed by atoms with van der Waals surface area (Å²) in [5, 5.41) is 0.994. The largest absolute Gasteiger partial charge is 0.300 e. The lowest BCUT2D eigenvalue weighted by Crippen LogP contribution is -2.04. The highest BCUT2D eigenvalue weighted by Gasteiger charge is 2.08. The van der Waals surface area contributed by atoms with Gasteiger partial charge in [0.15, 0.2) is 5.16 Å². The highest BCUT2D eigenvalue weighted by atomic mass is 32.2. The first-order valence-electron chi connectivity index (χ1n) is 4.53. The van der Waals surface area contributed by atoms with Crippen molar-refractivity contribution < 1.29 is 4.79 Å². The molecule has 1 unspecified atom stereocenters. The molecule has 0 amide bonds. The number of aryl methyl sites for hydroxylation is 1. The monoisotopic (exact) mass is 210 g/mol. The Bertz CT molecular complexity index is 328. The van der Waals surface area contributed by atoms with E-state index in [1.807, 2.05) is 19.9 Å². The molecule has 0 aromatic carbocycles. The van der Waals surface area contributed by atoms with Crippen LogP contribution in [0.3, 0.4) is 0 Å². The molecule has 14 heavy (non-hydrogen) atoms. The van der Waals surface area contributed by atoms with Crippen LogP contribution in [-0.4, -0.2) is 21.0 Å². The number of ketones is 1. The average molecular weight is 210 g/mol. The van der Waals surface area contributed by atoms with E-state index in [9.17, 15) is 4.79 Å². The number of carbonyl (C=O) groups excluding carboxylic acids is 1. The van der Waals surface area contributed by atoms with E-state index in [2.05, 4.69) is 9.97 Å². The minimum atomic E-state index is 0.206. The van der Waals surface area contributed by atoms with E-state index in [4.69, 9.17) is 0 Å². The van der Waals surface area contributed by atoms with Crippen molar-refractivity contribution in [2.75, 3.05) is 0 Å². The summed E-state index contributed by atoms with van der Waals surface area (Å²) in [5.74, 6) is 0.206. The van der Waals surface area contributed by atoms with Crippen LogP contribution in [0.4, 0.5) is 0 Å². The first kappa shape index (κ1) is 11.2. The van der Waals surface area contributed by atoms with Crippen LogP contribution in [0, 0.1) is 6.92 Å². The van der Waals surface area contributed by atoms with Gasteiger partial charge in [0.25, 0.3) is 0 Å². The predicted molar refractivity (Wildman–Crippen MR) is 57.4 cm³/mol. The molecule has 1 rings (SSSR count). The van der Waals surface area contributed by atoms with Gasteiger partial charge in [-0.15, -0.1) is 0 Å². The van der Waals surface area contributed by atoms with E-state index in [1.54, 1.807) is 24.9 Å². The summed E-state index contributed by atoms with van der Waals surface area (Å²) in [4.78, 5) is 19.2. The Morgan fingerprint density at radius 1 is 1.64 bits per heavy atom. The zero-order chi connectivity index (χ0) is 10.6.